The van der Waals surface area contributed by atoms with Gasteiger partial charge in [-0.3, -0.25) is 14.7 Å². The van der Waals surface area contributed by atoms with E-state index in [-0.39, 0.29) is 19.6 Å². The van der Waals surface area contributed by atoms with Crippen molar-refractivity contribution in [2.24, 2.45) is 0 Å². The van der Waals surface area contributed by atoms with Gasteiger partial charge in [0.25, 0.3) is 6.10 Å². The van der Waals surface area contributed by atoms with Gasteiger partial charge in [-0.2, -0.15) is 26.3 Å². The first kappa shape index (κ1) is 25.0. The highest BCUT2D eigenvalue weighted by molar-refractivity contribution is 5.76. The Morgan fingerprint density at radius 3 is 2.39 bits per heavy atom. The van der Waals surface area contributed by atoms with E-state index in [1.54, 1.807) is 6.20 Å². The Morgan fingerprint density at radius 2 is 1.79 bits per heavy atom. The van der Waals surface area contributed by atoms with E-state index in [0.29, 0.717) is 6.54 Å². The fourth-order valence-corrected chi connectivity index (χ4v) is 3.68. The molecule has 1 atom stereocenters. The number of carbonyl (C=O) groups excluding carboxylic acids is 1. The molecule has 1 aromatic heterocycles. The molecule has 0 aliphatic carbocycles. The first-order valence-corrected chi connectivity index (χ1v) is 10.2. The fraction of sp³-hybridized carbons (Fsp3) is 0.455. The van der Waals surface area contributed by atoms with Crippen molar-refractivity contribution in [2.75, 3.05) is 19.6 Å². The van der Waals surface area contributed by atoms with Crippen molar-refractivity contribution < 1.29 is 35.9 Å². The lowest BCUT2D eigenvalue weighted by Gasteiger charge is -2.36. The average molecular weight is 475 g/mol. The van der Waals surface area contributed by atoms with Crippen LogP contribution in [0.5, 0.6) is 0 Å². The zero-order valence-corrected chi connectivity index (χ0v) is 17.9. The van der Waals surface area contributed by atoms with Gasteiger partial charge in [0.2, 0.25) is 0 Å². The second-order valence-corrected chi connectivity index (χ2v) is 7.92. The summed E-state index contributed by atoms with van der Waals surface area (Å²) in [6.07, 6.45) is -14.0. The van der Waals surface area contributed by atoms with E-state index >= 15 is 0 Å². The number of aryl methyl sites for hydroxylation is 2. The summed E-state index contributed by atoms with van der Waals surface area (Å²) in [6.45, 7) is 4.47. The summed E-state index contributed by atoms with van der Waals surface area (Å²) in [5.74, 6) is -1.57. The van der Waals surface area contributed by atoms with Gasteiger partial charge in [-0.1, -0.05) is 18.2 Å². The van der Waals surface area contributed by atoms with Crippen LogP contribution in [0.15, 0.2) is 36.5 Å². The third kappa shape index (κ3) is 6.23. The summed E-state index contributed by atoms with van der Waals surface area (Å²) >= 11 is 0. The van der Waals surface area contributed by atoms with E-state index < -0.39 is 30.5 Å². The van der Waals surface area contributed by atoms with E-state index in [4.69, 9.17) is 0 Å². The summed E-state index contributed by atoms with van der Waals surface area (Å²) in [5, 5.41) is 2.82. The lowest BCUT2D eigenvalue weighted by molar-refractivity contribution is -0.314. The standard InChI is InChI=1S/C22H23F6N3O2/c1-13-9-15(16-5-6-30-14(2)10-16)3-4-17(13)12-31-8-7-29-11-18(31)19(32)33-20(21(23,24)25)22(26,27)28/h3-6,9-10,18,20,29H,7-8,11-12H2,1-2H3. The van der Waals surface area contributed by atoms with Crippen LogP contribution in [0.4, 0.5) is 26.3 Å². The van der Waals surface area contributed by atoms with Crippen molar-refractivity contribution in [3.63, 3.8) is 0 Å². The normalized spacial score (nSPS) is 17.9. The molecule has 0 radical (unpaired) electrons. The molecule has 5 nitrogen and oxygen atoms in total. The Hall–Kier alpha value is -2.66. The largest absolute Gasteiger partial charge is 0.442 e. The van der Waals surface area contributed by atoms with Gasteiger partial charge < -0.3 is 10.1 Å². The van der Waals surface area contributed by atoms with Gasteiger partial charge in [-0.25, -0.2) is 0 Å². The smallest absolute Gasteiger partial charge is 0.434 e. The number of esters is 1. The SMILES string of the molecule is Cc1cc(-c2ccc(CN3CCNCC3C(=O)OC(C(F)(F)F)C(F)(F)F)c(C)c2)ccn1. The number of aromatic nitrogens is 1. The monoisotopic (exact) mass is 475 g/mol. The summed E-state index contributed by atoms with van der Waals surface area (Å²) in [6, 6.07) is 8.14. The maximum atomic E-state index is 12.8. The third-order valence-electron chi connectivity index (χ3n) is 5.40. The second kappa shape index (κ2) is 9.68. The van der Waals surface area contributed by atoms with Crippen LogP contribution in [0.3, 0.4) is 0 Å². The second-order valence-electron chi connectivity index (χ2n) is 7.92. The minimum atomic E-state index is -5.75. The van der Waals surface area contributed by atoms with Crippen molar-refractivity contribution in [3.05, 3.63) is 53.3 Å². The highest BCUT2D eigenvalue weighted by Gasteiger charge is 2.60. The van der Waals surface area contributed by atoms with E-state index in [2.05, 4.69) is 15.0 Å². The van der Waals surface area contributed by atoms with Gasteiger partial charge in [-0.15, -0.1) is 0 Å². The van der Waals surface area contributed by atoms with E-state index in [1.807, 2.05) is 44.2 Å². The third-order valence-corrected chi connectivity index (χ3v) is 5.40. The molecule has 1 aliphatic heterocycles. The number of piperazine rings is 1. The molecular formula is C22H23F6N3O2. The summed E-state index contributed by atoms with van der Waals surface area (Å²) < 4.78 is 80.8. The van der Waals surface area contributed by atoms with Gasteiger partial charge in [0.05, 0.1) is 0 Å². The molecule has 11 heteroatoms. The molecule has 1 aromatic carbocycles. The molecule has 0 amide bonds. The van der Waals surface area contributed by atoms with E-state index in [1.165, 1.54) is 4.90 Å². The van der Waals surface area contributed by atoms with E-state index in [0.717, 1.165) is 27.9 Å². The van der Waals surface area contributed by atoms with Gasteiger partial charge in [0, 0.05) is 38.1 Å². The molecule has 0 saturated carbocycles. The summed E-state index contributed by atoms with van der Waals surface area (Å²) in [4.78, 5) is 18.0. The number of halogens is 6. The minimum Gasteiger partial charge on any atom is -0.442 e. The Labute approximate surface area is 186 Å². The zero-order valence-electron chi connectivity index (χ0n) is 17.9. The number of nitrogens with one attached hydrogen (secondary N) is 1. The quantitative estimate of drug-likeness (QED) is 0.520. The average Bonchev–Trinajstić information content (AvgIpc) is 2.72. The maximum Gasteiger partial charge on any atom is 0.434 e. The molecule has 0 bridgehead atoms. The van der Waals surface area contributed by atoms with Crippen molar-refractivity contribution in [1.29, 1.82) is 0 Å². The van der Waals surface area contributed by atoms with Crippen LogP contribution in [-0.4, -0.2) is 60.0 Å². The molecule has 33 heavy (non-hydrogen) atoms. The number of nitrogens with zero attached hydrogens (tertiary/aromatic N) is 2. The predicted octanol–water partition coefficient (Wildman–Crippen LogP) is 4.18. The fourth-order valence-electron chi connectivity index (χ4n) is 3.68. The zero-order chi connectivity index (χ0) is 24.4. The topological polar surface area (TPSA) is 54.5 Å². The van der Waals surface area contributed by atoms with Crippen molar-refractivity contribution in [2.45, 2.75) is 44.9 Å². The number of hydrogen-bond donors (Lipinski definition) is 1. The van der Waals surface area contributed by atoms with Crippen molar-refractivity contribution >= 4 is 5.97 Å². The summed E-state index contributed by atoms with van der Waals surface area (Å²) in [7, 11) is 0. The minimum absolute atomic E-state index is 0.116. The molecule has 3 rings (SSSR count). The lowest BCUT2D eigenvalue weighted by atomic mass is 9.99. The number of alkyl halides is 6. The van der Waals surface area contributed by atoms with Gasteiger partial charge in [0.1, 0.15) is 6.04 Å². The molecule has 1 saturated heterocycles. The van der Waals surface area contributed by atoms with Crippen LogP contribution < -0.4 is 5.32 Å². The number of hydrogen-bond acceptors (Lipinski definition) is 5. The molecule has 0 spiro atoms. The number of benzene rings is 1. The van der Waals surface area contributed by atoms with Gasteiger partial charge >= 0.3 is 18.3 Å². The van der Waals surface area contributed by atoms with Crippen LogP contribution in [0.25, 0.3) is 11.1 Å². The Morgan fingerprint density at radius 1 is 1.12 bits per heavy atom. The maximum absolute atomic E-state index is 12.8. The molecule has 2 aromatic rings. The number of ether oxygens (including phenoxy) is 1. The highest BCUT2D eigenvalue weighted by atomic mass is 19.4. The van der Waals surface area contributed by atoms with Crippen LogP contribution in [0.1, 0.15) is 16.8 Å². The van der Waals surface area contributed by atoms with E-state index in [9.17, 15) is 31.1 Å². The molecule has 2 heterocycles. The Bertz CT molecular complexity index is 979. The lowest BCUT2D eigenvalue weighted by Crippen LogP contribution is -2.57. The van der Waals surface area contributed by atoms with Gasteiger partial charge in [-0.05, 0) is 48.2 Å². The highest BCUT2D eigenvalue weighted by Crippen LogP contribution is 2.36. The number of carbonyl (C=O) groups is 1. The first-order valence-electron chi connectivity index (χ1n) is 10.2. The molecular weight excluding hydrogens is 452 g/mol. The van der Waals surface area contributed by atoms with Crippen LogP contribution in [-0.2, 0) is 16.1 Å². The van der Waals surface area contributed by atoms with Crippen LogP contribution in [0.2, 0.25) is 0 Å². The summed E-state index contributed by atoms with van der Waals surface area (Å²) in [5.41, 5.74) is 4.43. The molecule has 1 N–H and O–H groups in total. The van der Waals surface area contributed by atoms with Crippen molar-refractivity contribution in [1.82, 2.24) is 15.2 Å². The first-order chi connectivity index (χ1) is 15.4. The molecule has 1 aliphatic rings. The van der Waals surface area contributed by atoms with Crippen LogP contribution >= 0.6 is 0 Å². The van der Waals surface area contributed by atoms with Crippen molar-refractivity contribution in [3.8, 4) is 11.1 Å². The molecule has 180 valence electrons. The number of rotatable bonds is 5. The van der Waals surface area contributed by atoms with Crippen LogP contribution in [0, 0.1) is 13.8 Å². The Kier molecular flexibility index (Phi) is 7.32. The number of pyridine rings is 1. The molecule has 1 unspecified atom stereocenters. The Balaban J connectivity index is 1.77. The predicted molar refractivity (Wildman–Crippen MR) is 108 cm³/mol. The van der Waals surface area contributed by atoms with Gasteiger partial charge in [0.15, 0.2) is 0 Å². The molecule has 1 fully saturated rings.